The summed E-state index contributed by atoms with van der Waals surface area (Å²) in [6.45, 7) is 5.35. The average molecular weight is 380 g/mol. The van der Waals surface area contributed by atoms with E-state index in [1.54, 1.807) is 24.3 Å². The van der Waals surface area contributed by atoms with Crippen molar-refractivity contribution in [3.8, 4) is 0 Å². The molecule has 28 heavy (non-hydrogen) atoms. The van der Waals surface area contributed by atoms with E-state index in [9.17, 15) is 9.18 Å². The Morgan fingerprint density at radius 2 is 1.68 bits per heavy atom. The molecule has 146 valence electrons. The van der Waals surface area contributed by atoms with E-state index < -0.39 is 0 Å². The molecule has 1 N–H and O–H groups in total. The van der Waals surface area contributed by atoms with Crippen LogP contribution in [0.5, 0.6) is 0 Å². The lowest BCUT2D eigenvalue weighted by atomic mass is 10.1. The van der Waals surface area contributed by atoms with Crippen LogP contribution in [0.4, 0.5) is 4.39 Å². The molecular formula is C23H25FN2O2. The quantitative estimate of drug-likeness (QED) is 0.613. The first-order valence-electron chi connectivity index (χ1n) is 9.40. The minimum Gasteiger partial charge on any atom is -0.455 e. The van der Waals surface area contributed by atoms with Gasteiger partial charge in [0.05, 0.1) is 6.54 Å². The molecule has 5 heteroatoms. The van der Waals surface area contributed by atoms with Gasteiger partial charge in [0.15, 0.2) is 5.76 Å². The normalized spacial score (nSPS) is 11.2. The van der Waals surface area contributed by atoms with Crippen molar-refractivity contribution in [2.24, 2.45) is 0 Å². The van der Waals surface area contributed by atoms with Gasteiger partial charge in [0, 0.05) is 24.7 Å². The fraction of sp³-hybridized carbons (Fsp3) is 0.261. The van der Waals surface area contributed by atoms with Crippen LogP contribution in [0.2, 0.25) is 0 Å². The molecule has 0 atom stereocenters. The van der Waals surface area contributed by atoms with Crippen molar-refractivity contribution in [3.05, 3.63) is 95.2 Å². The number of carbonyl (C=O) groups excluding carboxylic acids is 1. The standard InChI is InChI=1S/C23H25FN2O2/c1-17(2)25-23(27)22-13-12-20(28-22)16-26(14-18-8-4-3-5-9-18)15-19-10-6-7-11-21(19)24/h3-13,17H,14-16H2,1-2H3,(H,25,27). The number of carbonyl (C=O) groups is 1. The van der Waals surface area contributed by atoms with E-state index >= 15 is 0 Å². The molecule has 1 aromatic heterocycles. The Labute approximate surface area is 165 Å². The third-order valence-corrected chi connectivity index (χ3v) is 4.29. The Kier molecular flexibility index (Phi) is 6.61. The highest BCUT2D eigenvalue weighted by molar-refractivity contribution is 5.91. The SMILES string of the molecule is CC(C)NC(=O)c1ccc(CN(Cc2ccccc2)Cc2ccccc2F)o1. The zero-order chi connectivity index (χ0) is 19.9. The molecule has 0 aliphatic heterocycles. The molecule has 0 saturated heterocycles. The summed E-state index contributed by atoms with van der Waals surface area (Å²) in [6, 6.07) is 20.3. The summed E-state index contributed by atoms with van der Waals surface area (Å²) in [5, 5.41) is 2.82. The van der Waals surface area contributed by atoms with Gasteiger partial charge in [-0.15, -0.1) is 0 Å². The molecule has 0 aliphatic rings. The van der Waals surface area contributed by atoms with Gasteiger partial charge in [-0.3, -0.25) is 9.69 Å². The van der Waals surface area contributed by atoms with E-state index in [1.165, 1.54) is 6.07 Å². The van der Waals surface area contributed by atoms with Crippen molar-refractivity contribution < 1.29 is 13.6 Å². The van der Waals surface area contributed by atoms with Gasteiger partial charge < -0.3 is 9.73 Å². The van der Waals surface area contributed by atoms with Crippen LogP contribution < -0.4 is 5.32 Å². The first-order chi connectivity index (χ1) is 13.5. The van der Waals surface area contributed by atoms with Crippen molar-refractivity contribution >= 4 is 5.91 Å². The van der Waals surface area contributed by atoms with Crippen molar-refractivity contribution in [3.63, 3.8) is 0 Å². The third-order valence-electron chi connectivity index (χ3n) is 4.29. The van der Waals surface area contributed by atoms with Crippen molar-refractivity contribution in [2.75, 3.05) is 0 Å². The van der Waals surface area contributed by atoms with Crippen LogP contribution in [0.25, 0.3) is 0 Å². The Morgan fingerprint density at radius 3 is 2.39 bits per heavy atom. The molecule has 1 amide bonds. The summed E-state index contributed by atoms with van der Waals surface area (Å²) < 4.78 is 19.9. The number of rotatable bonds is 8. The minimum atomic E-state index is -0.232. The van der Waals surface area contributed by atoms with Gasteiger partial charge in [-0.25, -0.2) is 4.39 Å². The second-order valence-corrected chi connectivity index (χ2v) is 7.12. The van der Waals surface area contributed by atoms with Crippen LogP contribution in [0.1, 0.15) is 41.3 Å². The molecule has 0 spiro atoms. The second-order valence-electron chi connectivity index (χ2n) is 7.12. The van der Waals surface area contributed by atoms with Gasteiger partial charge in [0.1, 0.15) is 11.6 Å². The minimum absolute atomic E-state index is 0.0386. The van der Waals surface area contributed by atoms with Crippen molar-refractivity contribution in [1.82, 2.24) is 10.2 Å². The van der Waals surface area contributed by atoms with Crippen molar-refractivity contribution in [1.29, 1.82) is 0 Å². The molecule has 0 fully saturated rings. The van der Waals surface area contributed by atoms with Gasteiger partial charge in [-0.1, -0.05) is 48.5 Å². The lowest BCUT2D eigenvalue weighted by Crippen LogP contribution is -2.29. The third kappa shape index (κ3) is 5.54. The molecule has 4 nitrogen and oxygen atoms in total. The molecule has 0 unspecified atom stereocenters. The summed E-state index contributed by atoms with van der Waals surface area (Å²) >= 11 is 0. The number of hydrogen-bond donors (Lipinski definition) is 1. The van der Waals surface area contributed by atoms with Gasteiger partial charge in [-0.05, 0) is 37.6 Å². The predicted octanol–water partition coefficient (Wildman–Crippen LogP) is 4.76. The van der Waals surface area contributed by atoms with Crippen LogP contribution in [-0.4, -0.2) is 16.8 Å². The predicted molar refractivity (Wildman–Crippen MR) is 107 cm³/mol. The molecule has 2 aromatic carbocycles. The highest BCUT2D eigenvalue weighted by atomic mass is 19.1. The summed E-state index contributed by atoms with van der Waals surface area (Å²) in [7, 11) is 0. The Morgan fingerprint density at radius 1 is 0.964 bits per heavy atom. The summed E-state index contributed by atoms with van der Waals surface area (Å²) in [5.74, 6) is 0.498. The number of nitrogens with one attached hydrogen (secondary N) is 1. The van der Waals surface area contributed by atoms with Crippen LogP contribution in [0.3, 0.4) is 0 Å². The fourth-order valence-electron chi connectivity index (χ4n) is 3.02. The maximum absolute atomic E-state index is 14.2. The van der Waals surface area contributed by atoms with Crippen LogP contribution in [0, 0.1) is 5.82 Å². The first kappa shape index (κ1) is 19.8. The summed E-state index contributed by atoms with van der Waals surface area (Å²) in [5.41, 5.74) is 1.76. The molecule has 1 heterocycles. The number of furan rings is 1. The van der Waals surface area contributed by atoms with E-state index in [4.69, 9.17) is 4.42 Å². The second kappa shape index (κ2) is 9.33. The molecule has 0 bridgehead atoms. The lowest BCUT2D eigenvalue weighted by Gasteiger charge is -2.22. The van der Waals surface area contributed by atoms with Gasteiger partial charge in [0.2, 0.25) is 0 Å². The van der Waals surface area contributed by atoms with E-state index in [1.807, 2.05) is 50.2 Å². The van der Waals surface area contributed by atoms with Gasteiger partial charge >= 0.3 is 0 Å². The number of hydrogen-bond acceptors (Lipinski definition) is 3. The molecular weight excluding hydrogens is 355 g/mol. The van der Waals surface area contributed by atoms with Crippen LogP contribution in [-0.2, 0) is 19.6 Å². The summed E-state index contributed by atoms with van der Waals surface area (Å²) in [6.07, 6.45) is 0. The Hall–Kier alpha value is -2.92. The maximum Gasteiger partial charge on any atom is 0.287 e. The first-order valence-corrected chi connectivity index (χ1v) is 9.40. The number of halogens is 1. The number of benzene rings is 2. The zero-order valence-electron chi connectivity index (χ0n) is 16.2. The zero-order valence-corrected chi connectivity index (χ0v) is 16.2. The highest BCUT2D eigenvalue weighted by Crippen LogP contribution is 2.18. The molecule has 0 saturated carbocycles. The lowest BCUT2D eigenvalue weighted by molar-refractivity contribution is 0.0910. The number of amides is 1. The topological polar surface area (TPSA) is 45.5 Å². The molecule has 3 aromatic rings. The van der Waals surface area contributed by atoms with Crippen LogP contribution in [0.15, 0.2) is 71.1 Å². The summed E-state index contributed by atoms with van der Waals surface area (Å²) in [4.78, 5) is 14.2. The van der Waals surface area contributed by atoms with Gasteiger partial charge in [-0.2, -0.15) is 0 Å². The Balaban J connectivity index is 1.76. The smallest absolute Gasteiger partial charge is 0.287 e. The van der Waals surface area contributed by atoms with Crippen LogP contribution >= 0.6 is 0 Å². The van der Waals surface area contributed by atoms with E-state index in [0.29, 0.717) is 31.0 Å². The van der Waals surface area contributed by atoms with E-state index in [2.05, 4.69) is 10.2 Å². The van der Waals surface area contributed by atoms with E-state index in [0.717, 1.165) is 5.56 Å². The van der Waals surface area contributed by atoms with Gasteiger partial charge in [0.25, 0.3) is 5.91 Å². The molecule has 0 radical (unpaired) electrons. The monoisotopic (exact) mass is 380 g/mol. The Bertz CT molecular complexity index is 906. The van der Waals surface area contributed by atoms with Crippen molar-refractivity contribution in [2.45, 2.75) is 39.5 Å². The maximum atomic E-state index is 14.2. The van der Waals surface area contributed by atoms with E-state index in [-0.39, 0.29) is 23.5 Å². The number of nitrogens with zero attached hydrogens (tertiary/aromatic N) is 1. The fourth-order valence-corrected chi connectivity index (χ4v) is 3.02. The molecule has 0 aliphatic carbocycles. The highest BCUT2D eigenvalue weighted by Gasteiger charge is 2.16. The largest absolute Gasteiger partial charge is 0.455 e. The molecule has 3 rings (SSSR count). The average Bonchev–Trinajstić information content (AvgIpc) is 3.12.